The zero-order chi connectivity index (χ0) is 24.7. The fraction of sp³-hybridized carbons (Fsp3) is 0.452. The molecule has 3 nitrogen and oxygen atoms in total. The Morgan fingerprint density at radius 2 is 1.97 bits per heavy atom. The summed E-state index contributed by atoms with van der Waals surface area (Å²) in [6.45, 7) is 23.8. The second-order valence-electron chi connectivity index (χ2n) is 10.3. The normalized spacial score (nSPS) is 19.4. The minimum atomic E-state index is 0.436. The van der Waals surface area contributed by atoms with Crippen molar-refractivity contribution < 1.29 is 0 Å². The summed E-state index contributed by atoms with van der Waals surface area (Å²) >= 11 is 0. The van der Waals surface area contributed by atoms with E-state index in [2.05, 4.69) is 81.1 Å². The molecule has 0 radical (unpaired) electrons. The highest BCUT2D eigenvalue weighted by Crippen LogP contribution is 2.41. The van der Waals surface area contributed by atoms with Crippen LogP contribution < -0.4 is 5.32 Å². The largest absolute Gasteiger partial charge is 0.371 e. The Kier molecular flexibility index (Phi) is 8.77. The van der Waals surface area contributed by atoms with Crippen molar-refractivity contribution in [3.63, 3.8) is 0 Å². The summed E-state index contributed by atoms with van der Waals surface area (Å²) in [5, 5.41) is 3.38. The second-order valence-corrected chi connectivity index (χ2v) is 10.3. The molecule has 0 bridgehead atoms. The van der Waals surface area contributed by atoms with Gasteiger partial charge in [0.2, 0.25) is 0 Å². The lowest BCUT2D eigenvalue weighted by atomic mass is 9.70. The van der Waals surface area contributed by atoms with E-state index in [1.807, 2.05) is 25.4 Å². The summed E-state index contributed by atoms with van der Waals surface area (Å²) in [6, 6.07) is 6.75. The van der Waals surface area contributed by atoms with E-state index in [0.29, 0.717) is 11.5 Å². The lowest BCUT2D eigenvalue weighted by molar-refractivity contribution is 0.0876. The van der Waals surface area contributed by atoms with Gasteiger partial charge in [0, 0.05) is 42.5 Å². The Hall–Kier alpha value is -2.81. The lowest BCUT2D eigenvalue weighted by Gasteiger charge is -2.44. The van der Waals surface area contributed by atoms with Crippen molar-refractivity contribution in [2.24, 2.45) is 16.3 Å². The van der Waals surface area contributed by atoms with Gasteiger partial charge in [0.15, 0.2) is 0 Å². The summed E-state index contributed by atoms with van der Waals surface area (Å²) in [5.74, 6) is 0.759. The first-order valence-corrected chi connectivity index (χ1v) is 12.8. The van der Waals surface area contributed by atoms with Gasteiger partial charge in [-0.25, -0.2) is 0 Å². The zero-order valence-corrected chi connectivity index (χ0v) is 21.7. The van der Waals surface area contributed by atoms with E-state index in [1.165, 1.54) is 32.1 Å². The van der Waals surface area contributed by atoms with Crippen LogP contribution in [0.25, 0.3) is 11.6 Å². The third-order valence-electron chi connectivity index (χ3n) is 7.75. The highest BCUT2D eigenvalue weighted by molar-refractivity contribution is 5.85. The predicted octanol–water partition coefficient (Wildman–Crippen LogP) is 8.11. The van der Waals surface area contributed by atoms with E-state index in [1.54, 1.807) is 0 Å². The molecule has 182 valence electrons. The predicted molar refractivity (Wildman–Crippen MR) is 151 cm³/mol. The van der Waals surface area contributed by atoms with Crippen molar-refractivity contribution in [2.45, 2.75) is 65.8 Å². The highest BCUT2D eigenvalue weighted by atomic mass is 15.1. The topological polar surface area (TPSA) is 27.6 Å². The van der Waals surface area contributed by atoms with Crippen molar-refractivity contribution >= 4 is 23.6 Å². The summed E-state index contributed by atoms with van der Waals surface area (Å²) in [5.41, 5.74) is 6.89. The molecule has 0 spiro atoms. The quantitative estimate of drug-likeness (QED) is 0.268. The number of benzene rings is 1. The molecular formula is C31H43N3. The summed E-state index contributed by atoms with van der Waals surface area (Å²) in [7, 11) is 0. The van der Waals surface area contributed by atoms with Gasteiger partial charge in [-0.3, -0.25) is 4.99 Å². The van der Waals surface area contributed by atoms with Gasteiger partial charge >= 0.3 is 0 Å². The monoisotopic (exact) mass is 457 g/mol. The third-order valence-corrected chi connectivity index (χ3v) is 7.75. The Morgan fingerprint density at radius 1 is 1.26 bits per heavy atom. The van der Waals surface area contributed by atoms with Crippen molar-refractivity contribution in [2.75, 3.05) is 18.4 Å². The van der Waals surface area contributed by atoms with Crippen molar-refractivity contribution in [3.05, 3.63) is 78.7 Å². The van der Waals surface area contributed by atoms with Gasteiger partial charge in [-0.2, -0.15) is 0 Å². The number of aliphatic imine (C=N–C) groups is 1. The van der Waals surface area contributed by atoms with E-state index >= 15 is 0 Å². The number of nitrogens with zero attached hydrogens (tertiary/aromatic N) is 2. The first-order valence-electron chi connectivity index (χ1n) is 12.8. The molecule has 3 rings (SSSR count). The molecular weight excluding hydrogens is 414 g/mol. The fourth-order valence-corrected chi connectivity index (χ4v) is 4.57. The van der Waals surface area contributed by atoms with Crippen LogP contribution in [0, 0.1) is 11.3 Å². The molecule has 2 aliphatic rings. The Labute approximate surface area is 207 Å². The summed E-state index contributed by atoms with van der Waals surface area (Å²) < 4.78 is 0. The van der Waals surface area contributed by atoms with Crippen LogP contribution in [0.2, 0.25) is 0 Å². The minimum absolute atomic E-state index is 0.436. The number of allylic oxidation sites excluding steroid dienone is 4. The smallest absolute Gasteiger partial charge is 0.0501 e. The first-order chi connectivity index (χ1) is 16.3. The van der Waals surface area contributed by atoms with Crippen molar-refractivity contribution in [1.82, 2.24) is 4.90 Å². The molecule has 1 saturated heterocycles. The number of hydrogen-bond acceptors (Lipinski definition) is 3. The molecule has 0 amide bonds. The van der Waals surface area contributed by atoms with Crippen LogP contribution in [-0.4, -0.2) is 30.2 Å². The molecule has 1 atom stereocenters. The van der Waals surface area contributed by atoms with Crippen LogP contribution in [0.1, 0.15) is 70.9 Å². The number of piperidine rings is 1. The molecule has 1 unspecified atom stereocenters. The summed E-state index contributed by atoms with van der Waals surface area (Å²) in [4.78, 5) is 7.20. The van der Waals surface area contributed by atoms with E-state index in [9.17, 15) is 0 Å². The maximum Gasteiger partial charge on any atom is 0.0501 e. The van der Waals surface area contributed by atoms with Crippen LogP contribution in [0.15, 0.2) is 72.6 Å². The maximum absolute atomic E-state index is 4.75. The number of rotatable bonds is 11. The van der Waals surface area contributed by atoms with E-state index in [4.69, 9.17) is 4.99 Å². The van der Waals surface area contributed by atoms with Gasteiger partial charge in [0.05, 0.1) is 6.04 Å². The van der Waals surface area contributed by atoms with E-state index in [-0.39, 0.29) is 0 Å². The first kappa shape index (κ1) is 25.8. The molecule has 1 heterocycles. The number of anilines is 1. The van der Waals surface area contributed by atoms with Crippen LogP contribution in [0.5, 0.6) is 0 Å². The Bertz CT molecular complexity index is 982. The molecule has 1 aliphatic heterocycles. The second kappa shape index (κ2) is 11.6. The van der Waals surface area contributed by atoms with Gasteiger partial charge in [0.1, 0.15) is 0 Å². The molecule has 0 aromatic heterocycles. The molecule has 1 aromatic carbocycles. The van der Waals surface area contributed by atoms with Crippen molar-refractivity contribution in [3.8, 4) is 0 Å². The van der Waals surface area contributed by atoms with Crippen LogP contribution >= 0.6 is 0 Å². The van der Waals surface area contributed by atoms with E-state index in [0.717, 1.165) is 52.7 Å². The van der Waals surface area contributed by atoms with Gasteiger partial charge in [-0.15, -0.1) is 0 Å². The van der Waals surface area contributed by atoms with Gasteiger partial charge < -0.3 is 10.2 Å². The third kappa shape index (κ3) is 6.62. The fourth-order valence-electron chi connectivity index (χ4n) is 4.57. The Balaban J connectivity index is 1.69. The average Bonchev–Trinajstić information content (AvgIpc) is 3.67. The maximum atomic E-state index is 4.75. The van der Waals surface area contributed by atoms with Gasteiger partial charge in [-0.1, -0.05) is 64.6 Å². The number of likely N-dealkylation sites (tertiary alicyclic amines) is 1. The highest BCUT2D eigenvalue weighted by Gasteiger charge is 2.34. The van der Waals surface area contributed by atoms with Gasteiger partial charge in [0.25, 0.3) is 0 Å². The Morgan fingerprint density at radius 3 is 2.56 bits per heavy atom. The number of hydrogen-bond donors (Lipinski definition) is 1. The molecule has 2 fully saturated rings. The molecule has 1 aliphatic carbocycles. The van der Waals surface area contributed by atoms with Gasteiger partial charge in [-0.05, 0) is 79.4 Å². The van der Waals surface area contributed by atoms with Crippen LogP contribution in [0.3, 0.4) is 0 Å². The van der Waals surface area contributed by atoms with Crippen molar-refractivity contribution in [1.29, 1.82) is 0 Å². The average molecular weight is 458 g/mol. The lowest BCUT2D eigenvalue weighted by Crippen LogP contribution is -2.41. The minimum Gasteiger partial charge on any atom is -0.371 e. The summed E-state index contributed by atoms with van der Waals surface area (Å²) in [6.07, 6.45) is 16.1. The molecule has 3 heteroatoms. The SMILES string of the molecule is C=Cc1ccc(N/C=C/C=C(\C=NC2CC2)C(=C)N2CCC(C)(C(C)CC)CC2)cc1C(=C)C. The standard InChI is InChI=1S/C31H43N3/c1-8-24(5)31(7)16-19-34(20-17-31)25(6)27(22-33-28-14-15-28)11-10-18-32-29-13-12-26(9-2)30(21-29)23(3)4/h9-13,18,21-22,24,28,32H,2-3,6,8,14-17,19-20H2,1,4-5,7H3/b18-10+,27-11+,33-22?. The number of nitrogens with one attached hydrogen (secondary N) is 1. The zero-order valence-electron chi connectivity index (χ0n) is 21.7. The molecule has 1 saturated carbocycles. The van der Waals surface area contributed by atoms with Crippen LogP contribution in [-0.2, 0) is 0 Å². The van der Waals surface area contributed by atoms with Crippen LogP contribution in [0.4, 0.5) is 5.69 Å². The molecule has 1 N–H and O–H groups in total. The molecule has 1 aromatic rings. The van der Waals surface area contributed by atoms with E-state index < -0.39 is 0 Å². The molecule has 34 heavy (non-hydrogen) atoms.